The number of hydrogen-bond donors (Lipinski definition) is 0. The largest absolute Gasteiger partial charge is 0.338 e. The number of amides is 3. The molecule has 6 heteroatoms. The van der Waals surface area contributed by atoms with Gasteiger partial charge in [-0.1, -0.05) is 18.2 Å². The minimum absolute atomic E-state index is 0.0419. The molecule has 3 heterocycles. The van der Waals surface area contributed by atoms with Crippen molar-refractivity contribution < 1.29 is 14.4 Å². The number of likely N-dealkylation sites (tertiary alicyclic amines) is 2. The summed E-state index contributed by atoms with van der Waals surface area (Å²) < 4.78 is 0. The summed E-state index contributed by atoms with van der Waals surface area (Å²) in [6.45, 7) is 0.961. The minimum Gasteiger partial charge on any atom is -0.338 e. The van der Waals surface area contributed by atoms with Crippen LogP contribution >= 0.6 is 11.3 Å². The first-order valence-corrected chi connectivity index (χ1v) is 8.85. The van der Waals surface area contributed by atoms with Crippen LogP contribution in [0.4, 0.5) is 0 Å². The second-order valence-corrected chi connectivity index (χ2v) is 7.44. The molecule has 5 nitrogen and oxygen atoms in total. The Morgan fingerprint density at radius 2 is 1.78 bits per heavy atom. The maximum Gasteiger partial charge on any atom is 0.233 e. The lowest BCUT2D eigenvalue weighted by Gasteiger charge is -2.43. The van der Waals surface area contributed by atoms with Crippen LogP contribution in [0.3, 0.4) is 0 Å². The fraction of sp³-hybridized carbons (Fsp3) is 0.471. The Kier molecular flexibility index (Phi) is 3.56. The fourth-order valence-corrected chi connectivity index (χ4v) is 4.38. The van der Waals surface area contributed by atoms with Gasteiger partial charge in [-0.25, -0.2) is 0 Å². The lowest BCUT2D eigenvalue weighted by atomic mass is 9.85. The van der Waals surface area contributed by atoms with Gasteiger partial charge in [0.1, 0.15) is 0 Å². The summed E-state index contributed by atoms with van der Waals surface area (Å²) in [5, 5.41) is 1.96. The van der Waals surface area contributed by atoms with Crippen molar-refractivity contribution in [2.24, 2.45) is 11.8 Å². The van der Waals surface area contributed by atoms with E-state index in [0.717, 1.165) is 4.88 Å². The van der Waals surface area contributed by atoms with Gasteiger partial charge in [-0.15, -0.1) is 11.3 Å². The number of fused-ring (bicyclic) bond motifs is 1. The Labute approximate surface area is 138 Å². The van der Waals surface area contributed by atoms with Crippen molar-refractivity contribution in [1.82, 2.24) is 9.80 Å². The quantitative estimate of drug-likeness (QED) is 0.623. The summed E-state index contributed by atoms with van der Waals surface area (Å²) in [6.07, 6.45) is 5.72. The third-order valence-electron chi connectivity index (χ3n) is 5.03. The molecular weight excluding hydrogens is 312 g/mol. The molecule has 120 valence electrons. The molecule has 2 fully saturated rings. The second kappa shape index (κ2) is 5.60. The first-order chi connectivity index (χ1) is 11.1. The molecule has 3 aliphatic rings. The monoisotopic (exact) mass is 330 g/mol. The van der Waals surface area contributed by atoms with E-state index in [0.29, 0.717) is 32.4 Å². The van der Waals surface area contributed by atoms with Crippen molar-refractivity contribution in [2.75, 3.05) is 13.1 Å². The van der Waals surface area contributed by atoms with Crippen LogP contribution in [0.25, 0.3) is 0 Å². The van der Waals surface area contributed by atoms with Gasteiger partial charge in [-0.05, 0) is 24.3 Å². The fourth-order valence-electron chi connectivity index (χ4n) is 3.68. The molecule has 23 heavy (non-hydrogen) atoms. The summed E-state index contributed by atoms with van der Waals surface area (Å²) >= 11 is 1.57. The van der Waals surface area contributed by atoms with Crippen molar-refractivity contribution in [2.45, 2.75) is 25.3 Å². The molecule has 0 aromatic carbocycles. The van der Waals surface area contributed by atoms with Gasteiger partial charge in [0.25, 0.3) is 0 Å². The number of hydrogen-bond acceptors (Lipinski definition) is 4. The molecule has 1 aromatic rings. The van der Waals surface area contributed by atoms with Crippen LogP contribution in [0.2, 0.25) is 0 Å². The predicted molar refractivity (Wildman–Crippen MR) is 85.6 cm³/mol. The number of carbonyl (C=O) groups excluding carboxylic acids is 3. The topological polar surface area (TPSA) is 57.7 Å². The molecule has 0 bridgehead atoms. The van der Waals surface area contributed by atoms with Gasteiger partial charge in [0.05, 0.1) is 24.3 Å². The SMILES string of the molecule is O=C(Cc1cccs1)N1CC(N2C(=O)C3CC=CCC3C2=O)C1. The highest BCUT2D eigenvalue weighted by molar-refractivity contribution is 7.10. The summed E-state index contributed by atoms with van der Waals surface area (Å²) in [5.74, 6) is -0.368. The average molecular weight is 330 g/mol. The van der Waals surface area contributed by atoms with E-state index in [-0.39, 0.29) is 35.6 Å². The Bertz CT molecular complexity index is 650. The number of rotatable bonds is 3. The predicted octanol–water partition coefficient (Wildman–Crippen LogP) is 1.45. The lowest BCUT2D eigenvalue weighted by molar-refractivity contribution is -0.152. The van der Waals surface area contributed by atoms with Crippen molar-refractivity contribution in [1.29, 1.82) is 0 Å². The molecule has 2 aliphatic heterocycles. The highest BCUT2D eigenvalue weighted by atomic mass is 32.1. The Hall–Kier alpha value is -1.95. The number of carbonyl (C=O) groups is 3. The third kappa shape index (κ3) is 2.41. The van der Waals surface area contributed by atoms with Gasteiger partial charge in [-0.2, -0.15) is 0 Å². The van der Waals surface area contributed by atoms with E-state index >= 15 is 0 Å². The van der Waals surface area contributed by atoms with Crippen LogP contribution < -0.4 is 0 Å². The highest BCUT2D eigenvalue weighted by Gasteiger charge is 2.52. The normalized spacial score (nSPS) is 27.3. The van der Waals surface area contributed by atoms with Gasteiger partial charge >= 0.3 is 0 Å². The number of thiophene rings is 1. The smallest absolute Gasteiger partial charge is 0.233 e. The maximum absolute atomic E-state index is 12.5. The molecule has 2 saturated heterocycles. The third-order valence-corrected chi connectivity index (χ3v) is 5.90. The van der Waals surface area contributed by atoms with Crippen LogP contribution in [0.15, 0.2) is 29.7 Å². The van der Waals surface area contributed by atoms with E-state index < -0.39 is 0 Å². The molecule has 0 spiro atoms. The zero-order valence-corrected chi connectivity index (χ0v) is 13.5. The molecule has 4 rings (SSSR count). The molecule has 2 unspecified atom stereocenters. The maximum atomic E-state index is 12.5. The van der Waals surface area contributed by atoms with Crippen LogP contribution in [0, 0.1) is 11.8 Å². The number of allylic oxidation sites excluding steroid dienone is 2. The van der Waals surface area contributed by atoms with Gasteiger partial charge < -0.3 is 4.90 Å². The molecule has 0 radical (unpaired) electrons. The summed E-state index contributed by atoms with van der Waals surface area (Å²) in [6, 6.07) is 3.75. The van der Waals surface area contributed by atoms with Crippen LogP contribution in [-0.2, 0) is 20.8 Å². The van der Waals surface area contributed by atoms with Crippen molar-refractivity contribution >= 4 is 29.1 Å². The summed E-state index contributed by atoms with van der Waals surface area (Å²) in [4.78, 5) is 41.4. The lowest BCUT2D eigenvalue weighted by Crippen LogP contribution is -2.62. The molecule has 0 saturated carbocycles. The highest BCUT2D eigenvalue weighted by Crippen LogP contribution is 2.37. The van der Waals surface area contributed by atoms with Gasteiger partial charge in [0.2, 0.25) is 17.7 Å². The molecular formula is C17H18N2O3S. The zero-order chi connectivity index (χ0) is 16.0. The van der Waals surface area contributed by atoms with Gasteiger partial charge in [0.15, 0.2) is 0 Å². The van der Waals surface area contributed by atoms with Gasteiger partial charge in [-0.3, -0.25) is 19.3 Å². The summed E-state index contributed by atoms with van der Waals surface area (Å²) in [5.41, 5.74) is 0. The Balaban J connectivity index is 1.37. The molecule has 3 amide bonds. The van der Waals surface area contributed by atoms with Crippen LogP contribution in [0.5, 0.6) is 0 Å². The van der Waals surface area contributed by atoms with E-state index in [1.165, 1.54) is 4.90 Å². The van der Waals surface area contributed by atoms with E-state index in [1.807, 2.05) is 29.7 Å². The molecule has 2 atom stereocenters. The number of imide groups is 1. The number of nitrogens with zero attached hydrogens (tertiary/aromatic N) is 2. The van der Waals surface area contributed by atoms with E-state index in [1.54, 1.807) is 16.2 Å². The van der Waals surface area contributed by atoms with E-state index in [9.17, 15) is 14.4 Å². The zero-order valence-electron chi connectivity index (χ0n) is 12.7. The Morgan fingerprint density at radius 1 is 1.13 bits per heavy atom. The van der Waals surface area contributed by atoms with Crippen molar-refractivity contribution in [3.8, 4) is 0 Å². The first-order valence-electron chi connectivity index (χ1n) is 7.97. The van der Waals surface area contributed by atoms with Crippen molar-refractivity contribution in [3.63, 3.8) is 0 Å². The first kappa shape index (κ1) is 14.6. The van der Waals surface area contributed by atoms with Crippen molar-refractivity contribution in [3.05, 3.63) is 34.5 Å². The second-order valence-electron chi connectivity index (χ2n) is 6.41. The van der Waals surface area contributed by atoms with Crippen LogP contribution in [0.1, 0.15) is 17.7 Å². The molecule has 1 aromatic heterocycles. The van der Waals surface area contributed by atoms with E-state index in [4.69, 9.17) is 0 Å². The standard InChI is InChI=1S/C17H18N2O3S/c20-15(8-12-4-3-7-23-12)18-9-11(10-18)19-16(21)13-5-1-2-6-14(13)17(19)22/h1-4,7,11,13-14H,5-6,8-10H2. The molecule has 0 N–H and O–H groups in total. The molecule has 1 aliphatic carbocycles. The van der Waals surface area contributed by atoms with Gasteiger partial charge in [0, 0.05) is 18.0 Å². The average Bonchev–Trinajstić information content (AvgIpc) is 3.09. The van der Waals surface area contributed by atoms with E-state index in [2.05, 4.69) is 0 Å². The Morgan fingerprint density at radius 3 is 2.35 bits per heavy atom. The van der Waals surface area contributed by atoms with Crippen LogP contribution in [-0.4, -0.2) is 46.7 Å². The summed E-state index contributed by atoms with van der Waals surface area (Å²) in [7, 11) is 0. The minimum atomic E-state index is -0.177.